The Balaban J connectivity index is 0.00000456. The Labute approximate surface area is 223 Å². The maximum absolute atomic E-state index is 12.2. The van der Waals surface area contributed by atoms with E-state index in [4.69, 9.17) is 10.5 Å². The van der Waals surface area contributed by atoms with Gasteiger partial charge in [0, 0.05) is 29.5 Å². The summed E-state index contributed by atoms with van der Waals surface area (Å²) in [6, 6.07) is 3.10. The number of carbonyl (C=O) groups is 2. The molecule has 0 bridgehead atoms. The molecule has 0 spiro atoms. The number of aromatic nitrogens is 2. The van der Waals surface area contributed by atoms with E-state index in [0.717, 1.165) is 10.8 Å². The molecule has 36 heavy (non-hydrogen) atoms. The van der Waals surface area contributed by atoms with Crippen molar-refractivity contribution in [1.82, 2.24) is 14.3 Å². The Hall–Kier alpha value is -2.97. The zero-order valence-electron chi connectivity index (χ0n) is 18.2. The number of aliphatic hydroxyl groups is 2. The van der Waals surface area contributed by atoms with Crippen LogP contribution in [-0.4, -0.2) is 69.9 Å². The normalized spacial score (nSPS) is 21.4. The van der Waals surface area contributed by atoms with Crippen molar-refractivity contribution in [2.75, 3.05) is 12.3 Å². The smallest absolute Gasteiger partial charge is 0.545 e. The van der Waals surface area contributed by atoms with E-state index in [-0.39, 0.29) is 35.4 Å². The Morgan fingerprint density at radius 3 is 2.47 bits per heavy atom. The molecule has 3 rings (SSSR count). The topological polar surface area (TPSA) is 266 Å². The zero-order chi connectivity index (χ0) is 26.1. The van der Waals surface area contributed by atoms with E-state index in [0.29, 0.717) is 18.2 Å². The number of amides is 1. The van der Waals surface area contributed by atoms with E-state index in [9.17, 15) is 48.2 Å². The number of ether oxygens (including phenoxy) is 1. The molecular weight excluding hydrogens is 521 g/mol. The second kappa shape index (κ2) is 11.4. The van der Waals surface area contributed by atoms with Crippen LogP contribution in [0, 0.1) is 10.1 Å². The number of hydrogen-bond donors (Lipinski definition) is 4. The maximum Gasteiger partial charge on any atom is 1.00 e. The predicted molar refractivity (Wildman–Crippen MR) is 109 cm³/mol. The molecule has 2 aromatic rings. The third-order valence-electron chi connectivity index (χ3n) is 4.69. The number of carbonyl (C=O) groups excluding carboxylic acids is 2. The van der Waals surface area contributed by atoms with Gasteiger partial charge < -0.3 is 30.6 Å². The van der Waals surface area contributed by atoms with Crippen molar-refractivity contribution >= 4 is 33.7 Å². The van der Waals surface area contributed by atoms with Gasteiger partial charge in [0.2, 0.25) is 0 Å². The number of anilines is 1. The Morgan fingerprint density at radius 2 is 1.89 bits per heavy atom. The second-order valence-corrected chi connectivity index (χ2v) is 8.42. The maximum atomic E-state index is 12.2. The number of nitro benzene ring substituents is 1. The molecule has 1 aliphatic rings. The van der Waals surface area contributed by atoms with Gasteiger partial charge in [0.15, 0.2) is 6.23 Å². The number of rotatable bonds is 8. The van der Waals surface area contributed by atoms with Gasteiger partial charge in [-0.1, -0.05) is 0 Å². The summed E-state index contributed by atoms with van der Waals surface area (Å²) >= 11 is 0. The van der Waals surface area contributed by atoms with Crippen molar-refractivity contribution in [2.45, 2.75) is 24.5 Å². The van der Waals surface area contributed by atoms with Gasteiger partial charge in [0.1, 0.15) is 24.1 Å². The number of nitrogens with one attached hydrogen (secondary N) is 1. The van der Waals surface area contributed by atoms with Crippen LogP contribution in [0.4, 0.5) is 11.5 Å². The molecule has 188 valence electrons. The molecule has 19 heteroatoms. The summed E-state index contributed by atoms with van der Waals surface area (Å²) in [5, 5.41) is 42.2. The number of non-ortho nitro benzene ring substituents is 1. The second-order valence-electron chi connectivity index (χ2n) is 7.07. The van der Waals surface area contributed by atoms with Crippen LogP contribution in [0.15, 0.2) is 35.3 Å². The van der Waals surface area contributed by atoms with Gasteiger partial charge in [-0.2, -0.15) is 13.4 Å². The largest absolute Gasteiger partial charge is 1.00 e. The monoisotopic (exact) mass is 537 g/mol. The fraction of sp³-hybridized carbons (Fsp3) is 0.294. The van der Waals surface area contributed by atoms with Gasteiger partial charge >= 0.3 is 45.6 Å². The number of benzene rings is 1. The predicted octanol–water partition coefficient (Wildman–Crippen LogP) is -6.59. The van der Waals surface area contributed by atoms with E-state index in [1.54, 1.807) is 0 Å². The summed E-state index contributed by atoms with van der Waals surface area (Å²) in [4.78, 5) is 48.6. The number of hydrogen-bond acceptors (Lipinski definition) is 14. The van der Waals surface area contributed by atoms with E-state index in [2.05, 4.69) is 9.17 Å². The first-order valence-electron chi connectivity index (χ1n) is 9.37. The Bertz CT molecular complexity index is 1320. The molecule has 1 aliphatic heterocycles. The summed E-state index contributed by atoms with van der Waals surface area (Å²) < 4.78 is 36.4. The first kappa shape index (κ1) is 29.3. The SMILES string of the molecule is Nc1ccn(C2O[C@H](COS(=O)(=O)NC(=O)c3cc(C(=O)[O-])cc([N+](=O)[O-])c3)[C@@H](O)[C@H]2O)c(=O)n1.[Na+]. The molecule has 1 aromatic heterocycles. The number of nitrogens with zero attached hydrogens (tertiary/aromatic N) is 3. The molecule has 5 N–H and O–H groups in total. The number of aliphatic hydroxyl groups excluding tert-OH is 2. The van der Waals surface area contributed by atoms with E-state index < -0.39 is 80.8 Å². The van der Waals surface area contributed by atoms with Gasteiger partial charge in [-0.25, -0.2) is 9.52 Å². The minimum atomic E-state index is -4.92. The molecule has 2 heterocycles. The molecule has 1 fully saturated rings. The quantitative estimate of drug-likeness (QED) is 0.139. The first-order chi connectivity index (χ1) is 16.3. The Kier molecular flexibility index (Phi) is 9.26. The third-order valence-corrected chi connectivity index (χ3v) is 5.58. The number of aromatic carboxylic acids is 1. The van der Waals surface area contributed by atoms with Crippen LogP contribution in [0.1, 0.15) is 26.9 Å². The summed E-state index contributed by atoms with van der Waals surface area (Å²) in [5.74, 6) is -3.43. The van der Waals surface area contributed by atoms with Crippen LogP contribution in [-0.2, 0) is 19.2 Å². The van der Waals surface area contributed by atoms with Crippen molar-refractivity contribution < 1.29 is 76.7 Å². The molecule has 0 saturated carbocycles. The number of nitrogens with two attached hydrogens (primary N) is 1. The molecule has 0 aliphatic carbocycles. The average molecular weight is 537 g/mol. The summed E-state index contributed by atoms with van der Waals surface area (Å²) in [7, 11) is -4.92. The minimum Gasteiger partial charge on any atom is -0.545 e. The minimum absolute atomic E-state index is 0. The van der Waals surface area contributed by atoms with Crippen LogP contribution in [0.3, 0.4) is 0 Å². The van der Waals surface area contributed by atoms with Crippen molar-refractivity contribution in [3.8, 4) is 0 Å². The van der Waals surface area contributed by atoms with Crippen LogP contribution in [0.25, 0.3) is 0 Å². The number of carboxylic acids is 1. The first-order valence-corrected chi connectivity index (χ1v) is 10.8. The summed E-state index contributed by atoms with van der Waals surface area (Å²) in [6.45, 7) is -0.937. The molecule has 0 radical (unpaired) electrons. The number of carboxylic acid groups (broad SMARTS) is 1. The number of nitro groups is 1. The molecule has 1 amide bonds. The van der Waals surface area contributed by atoms with Gasteiger partial charge in [0.25, 0.3) is 11.6 Å². The average Bonchev–Trinajstić information content (AvgIpc) is 3.05. The molecule has 1 saturated heterocycles. The van der Waals surface area contributed by atoms with Crippen molar-refractivity contribution in [3.63, 3.8) is 0 Å². The van der Waals surface area contributed by atoms with Gasteiger partial charge in [-0.3, -0.25) is 23.7 Å². The van der Waals surface area contributed by atoms with Crippen LogP contribution in [0.5, 0.6) is 0 Å². The molecule has 4 atom stereocenters. The van der Waals surface area contributed by atoms with Gasteiger partial charge in [0.05, 0.1) is 17.5 Å². The van der Waals surface area contributed by atoms with E-state index in [1.165, 1.54) is 10.8 Å². The molecule has 1 aromatic carbocycles. The van der Waals surface area contributed by atoms with Crippen LogP contribution >= 0.6 is 0 Å². The standard InChI is InChI=1S/C17H17N5O12S.Na/c18-11-1-2-21(17(28)19-11)15-13(24)12(23)10(34-15)6-33-35(31,32)20-14(25)7-3-8(16(26)27)5-9(4-7)22(29)30;/h1-5,10,12-13,15,23-24H,6H2,(H,20,25)(H,26,27)(H2,18,19,28);/q;+1/p-1/t10-,12-,13-,15?;/m1./s1. The molecular formula is C17H16N5NaO12S. The van der Waals surface area contributed by atoms with Crippen LogP contribution in [0.2, 0.25) is 0 Å². The third kappa shape index (κ3) is 6.62. The van der Waals surface area contributed by atoms with Crippen molar-refractivity contribution in [3.05, 3.63) is 62.2 Å². The van der Waals surface area contributed by atoms with Crippen molar-refractivity contribution in [1.29, 1.82) is 0 Å². The van der Waals surface area contributed by atoms with Gasteiger partial charge in [-0.05, 0) is 12.1 Å². The van der Waals surface area contributed by atoms with Crippen molar-refractivity contribution in [2.24, 2.45) is 0 Å². The zero-order valence-corrected chi connectivity index (χ0v) is 21.0. The summed E-state index contributed by atoms with van der Waals surface area (Å²) in [5.41, 5.74) is 2.19. The molecule has 1 unspecified atom stereocenters. The van der Waals surface area contributed by atoms with Gasteiger partial charge in [-0.15, -0.1) is 0 Å². The Morgan fingerprint density at radius 1 is 1.25 bits per heavy atom. The fourth-order valence-corrected chi connectivity index (χ4v) is 3.76. The van der Waals surface area contributed by atoms with E-state index >= 15 is 0 Å². The molecule has 17 nitrogen and oxygen atoms in total. The summed E-state index contributed by atoms with van der Waals surface area (Å²) in [6.07, 6.45) is -5.25. The number of nitrogen functional groups attached to an aromatic ring is 1. The van der Waals surface area contributed by atoms with E-state index in [1.807, 2.05) is 0 Å². The fourth-order valence-electron chi connectivity index (χ4n) is 3.04. The van der Waals surface area contributed by atoms with Crippen LogP contribution < -0.4 is 50.8 Å².